The zero-order valence-electron chi connectivity index (χ0n) is 9.20. The van der Waals surface area contributed by atoms with E-state index in [1.807, 2.05) is 13.8 Å². The molecule has 1 rings (SSSR count). The number of nitrogens with one attached hydrogen (secondary N) is 1. The second kappa shape index (κ2) is 5.66. The quantitative estimate of drug-likeness (QED) is 0.926. The Balaban J connectivity index is 2.73. The van der Waals surface area contributed by atoms with Crippen LogP contribution in [0.3, 0.4) is 0 Å². The summed E-state index contributed by atoms with van der Waals surface area (Å²) in [6.45, 7) is 3.80. The number of nitriles is 1. The second-order valence-electron chi connectivity index (χ2n) is 3.83. The van der Waals surface area contributed by atoms with E-state index in [2.05, 4.69) is 27.3 Å². The van der Waals surface area contributed by atoms with Crippen LogP contribution in [0.5, 0.6) is 0 Å². The van der Waals surface area contributed by atoms with E-state index in [4.69, 9.17) is 5.26 Å². The Morgan fingerprint density at radius 1 is 1.38 bits per heavy atom. The van der Waals surface area contributed by atoms with Gasteiger partial charge in [-0.15, -0.1) is 0 Å². The van der Waals surface area contributed by atoms with Gasteiger partial charge in [-0.2, -0.15) is 5.26 Å². The van der Waals surface area contributed by atoms with Crippen LogP contribution in [0, 0.1) is 17.2 Å². The molecule has 1 N–H and O–H groups in total. The van der Waals surface area contributed by atoms with Crippen LogP contribution in [-0.4, -0.2) is 11.9 Å². The highest BCUT2D eigenvalue weighted by Gasteiger charge is 2.15. The van der Waals surface area contributed by atoms with Crippen molar-refractivity contribution in [2.24, 2.45) is 5.92 Å². The number of halogens is 1. The molecule has 0 aromatic heterocycles. The molecule has 1 atom stereocenters. The number of amides is 1. The molecule has 0 spiro atoms. The normalized spacial score (nSPS) is 11.9. The lowest BCUT2D eigenvalue weighted by Gasteiger charge is -2.14. The molecule has 0 saturated carbocycles. The summed E-state index contributed by atoms with van der Waals surface area (Å²) in [6.07, 6.45) is 0. The van der Waals surface area contributed by atoms with E-state index in [9.17, 15) is 4.79 Å². The first kappa shape index (κ1) is 12.7. The van der Waals surface area contributed by atoms with Crippen LogP contribution in [0.2, 0.25) is 0 Å². The van der Waals surface area contributed by atoms with Gasteiger partial charge in [0.1, 0.15) is 6.04 Å². The van der Waals surface area contributed by atoms with Crippen molar-refractivity contribution in [3.05, 3.63) is 34.3 Å². The van der Waals surface area contributed by atoms with Crippen LogP contribution in [-0.2, 0) is 0 Å². The minimum Gasteiger partial charge on any atom is -0.336 e. The third-order valence-corrected chi connectivity index (χ3v) is 2.73. The van der Waals surface area contributed by atoms with Crippen molar-refractivity contribution in [3.8, 4) is 6.07 Å². The number of benzene rings is 1. The van der Waals surface area contributed by atoms with Crippen molar-refractivity contribution in [3.63, 3.8) is 0 Å². The van der Waals surface area contributed by atoms with Gasteiger partial charge in [0.05, 0.1) is 6.07 Å². The molecule has 1 amide bonds. The molecule has 0 radical (unpaired) electrons. The lowest BCUT2D eigenvalue weighted by atomic mass is 10.1. The summed E-state index contributed by atoms with van der Waals surface area (Å²) >= 11 is 3.30. The first-order valence-corrected chi connectivity index (χ1v) is 5.80. The van der Waals surface area contributed by atoms with E-state index in [1.165, 1.54) is 0 Å². The average molecular weight is 281 g/mol. The number of hydrogen-bond donors (Lipinski definition) is 1. The maximum Gasteiger partial charge on any atom is 0.252 e. The van der Waals surface area contributed by atoms with Crippen molar-refractivity contribution in [2.75, 3.05) is 0 Å². The number of rotatable bonds is 3. The van der Waals surface area contributed by atoms with Gasteiger partial charge in [0.2, 0.25) is 0 Å². The Morgan fingerprint density at radius 2 is 1.94 bits per heavy atom. The lowest BCUT2D eigenvalue weighted by Crippen LogP contribution is -2.37. The molecule has 0 bridgehead atoms. The molecule has 0 heterocycles. The van der Waals surface area contributed by atoms with Crippen LogP contribution < -0.4 is 5.32 Å². The predicted octanol–water partition coefficient (Wildman–Crippen LogP) is 2.73. The van der Waals surface area contributed by atoms with E-state index in [1.54, 1.807) is 24.3 Å². The molecule has 3 nitrogen and oxygen atoms in total. The van der Waals surface area contributed by atoms with Gasteiger partial charge in [0.25, 0.3) is 5.91 Å². The predicted molar refractivity (Wildman–Crippen MR) is 65.8 cm³/mol. The number of carbonyl (C=O) groups excluding carboxylic acids is 1. The van der Waals surface area contributed by atoms with Crippen molar-refractivity contribution in [2.45, 2.75) is 19.9 Å². The highest BCUT2D eigenvalue weighted by Crippen LogP contribution is 2.11. The fourth-order valence-corrected chi connectivity index (χ4v) is 1.44. The lowest BCUT2D eigenvalue weighted by molar-refractivity contribution is 0.0937. The molecule has 1 unspecified atom stereocenters. The van der Waals surface area contributed by atoms with Gasteiger partial charge in [-0.1, -0.05) is 29.8 Å². The largest absolute Gasteiger partial charge is 0.336 e. The first-order valence-electron chi connectivity index (χ1n) is 5.00. The van der Waals surface area contributed by atoms with Gasteiger partial charge >= 0.3 is 0 Å². The minimum atomic E-state index is -0.448. The Bertz CT molecular complexity index is 406. The fraction of sp³-hybridized carbons (Fsp3) is 0.333. The minimum absolute atomic E-state index is 0.101. The van der Waals surface area contributed by atoms with Crippen molar-refractivity contribution in [1.29, 1.82) is 5.26 Å². The van der Waals surface area contributed by atoms with Crippen LogP contribution >= 0.6 is 15.9 Å². The van der Waals surface area contributed by atoms with Crippen LogP contribution in [0.4, 0.5) is 0 Å². The highest BCUT2D eigenvalue weighted by atomic mass is 79.9. The molecule has 0 aliphatic rings. The highest BCUT2D eigenvalue weighted by molar-refractivity contribution is 9.10. The van der Waals surface area contributed by atoms with Crippen molar-refractivity contribution < 1.29 is 4.79 Å². The van der Waals surface area contributed by atoms with Gasteiger partial charge in [0.15, 0.2) is 0 Å². The summed E-state index contributed by atoms with van der Waals surface area (Å²) in [5.74, 6) is -0.114. The second-order valence-corrected chi connectivity index (χ2v) is 4.75. The summed E-state index contributed by atoms with van der Waals surface area (Å²) in [4.78, 5) is 11.8. The topological polar surface area (TPSA) is 52.9 Å². The van der Waals surface area contributed by atoms with Crippen LogP contribution in [0.25, 0.3) is 0 Å². The Kier molecular flexibility index (Phi) is 4.51. The average Bonchev–Trinajstić information content (AvgIpc) is 2.26. The van der Waals surface area contributed by atoms with E-state index in [-0.39, 0.29) is 11.8 Å². The molecule has 4 heteroatoms. The molecule has 0 aliphatic carbocycles. The van der Waals surface area contributed by atoms with E-state index in [0.717, 1.165) is 4.47 Å². The monoisotopic (exact) mass is 280 g/mol. The van der Waals surface area contributed by atoms with Crippen molar-refractivity contribution >= 4 is 21.8 Å². The fourth-order valence-electron chi connectivity index (χ4n) is 1.17. The van der Waals surface area contributed by atoms with Gasteiger partial charge in [0, 0.05) is 10.0 Å². The van der Waals surface area contributed by atoms with Gasteiger partial charge in [-0.05, 0) is 30.2 Å². The van der Waals surface area contributed by atoms with E-state index >= 15 is 0 Å². The molecular formula is C12H13BrN2O. The third kappa shape index (κ3) is 3.35. The molecule has 84 valence electrons. The van der Waals surface area contributed by atoms with Crippen LogP contribution in [0.15, 0.2) is 28.7 Å². The summed E-state index contributed by atoms with van der Waals surface area (Å²) in [7, 11) is 0. The van der Waals surface area contributed by atoms with E-state index < -0.39 is 6.04 Å². The number of hydrogen-bond acceptors (Lipinski definition) is 2. The smallest absolute Gasteiger partial charge is 0.252 e. The molecule has 0 fully saturated rings. The maximum atomic E-state index is 11.8. The SMILES string of the molecule is CC(C)C(C#N)NC(=O)c1ccc(Br)cc1. The summed E-state index contributed by atoms with van der Waals surface area (Å²) < 4.78 is 0.921. The van der Waals surface area contributed by atoms with Gasteiger partial charge in [-0.3, -0.25) is 4.79 Å². The Morgan fingerprint density at radius 3 is 2.38 bits per heavy atom. The Hall–Kier alpha value is -1.34. The molecule has 1 aromatic rings. The molecule has 0 saturated heterocycles. The zero-order valence-corrected chi connectivity index (χ0v) is 10.8. The zero-order chi connectivity index (χ0) is 12.1. The Labute approximate surface area is 104 Å². The van der Waals surface area contributed by atoms with Gasteiger partial charge < -0.3 is 5.32 Å². The first-order chi connectivity index (χ1) is 7.54. The molecule has 1 aromatic carbocycles. The third-order valence-electron chi connectivity index (χ3n) is 2.20. The molecule has 16 heavy (non-hydrogen) atoms. The summed E-state index contributed by atoms with van der Waals surface area (Å²) in [6, 6.07) is 8.65. The number of nitrogens with zero attached hydrogens (tertiary/aromatic N) is 1. The molecular weight excluding hydrogens is 268 g/mol. The maximum absolute atomic E-state index is 11.8. The van der Waals surface area contributed by atoms with Crippen molar-refractivity contribution in [1.82, 2.24) is 5.32 Å². The van der Waals surface area contributed by atoms with Gasteiger partial charge in [-0.25, -0.2) is 0 Å². The summed E-state index contributed by atoms with van der Waals surface area (Å²) in [5, 5.41) is 11.6. The van der Waals surface area contributed by atoms with Crippen LogP contribution in [0.1, 0.15) is 24.2 Å². The standard InChI is InChI=1S/C12H13BrN2O/c1-8(2)11(7-14)15-12(16)9-3-5-10(13)6-4-9/h3-6,8,11H,1-2H3,(H,15,16). The van der Waals surface area contributed by atoms with E-state index in [0.29, 0.717) is 5.56 Å². The number of carbonyl (C=O) groups is 1. The molecule has 0 aliphatic heterocycles. The summed E-state index contributed by atoms with van der Waals surface area (Å²) in [5.41, 5.74) is 0.559.